The Kier molecular flexibility index (Phi) is 8.18. The van der Waals surface area contributed by atoms with Crippen LogP contribution in [0, 0.1) is 11.8 Å². The minimum atomic E-state index is -3.51. The Hall–Kier alpha value is -1.84. The van der Waals surface area contributed by atoms with Gasteiger partial charge in [0.2, 0.25) is 5.91 Å². The predicted octanol–water partition coefficient (Wildman–Crippen LogP) is 2.40. The fraction of sp³-hybridized carbons (Fsp3) is 0.682. The molecule has 2 aliphatic rings. The van der Waals surface area contributed by atoms with E-state index < -0.39 is 10.2 Å². The normalized spacial score (nSPS) is 21.6. The maximum Gasteiger partial charge on any atom is 0.281 e. The fourth-order valence-corrected chi connectivity index (χ4v) is 5.90. The van der Waals surface area contributed by atoms with Gasteiger partial charge in [0.25, 0.3) is 10.2 Å². The van der Waals surface area contributed by atoms with Gasteiger partial charge in [0.1, 0.15) is 0 Å². The molecule has 174 valence electrons. The van der Waals surface area contributed by atoms with Crippen LogP contribution in [0.2, 0.25) is 0 Å². The number of amides is 1. The number of piperidine rings is 2. The molecular formula is C22H35N3O5S. The van der Waals surface area contributed by atoms with Crippen LogP contribution in [0.1, 0.15) is 45.1 Å². The Balaban J connectivity index is 1.57. The minimum Gasteiger partial charge on any atom is -0.493 e. The molecule has 2 fully saturated rings. The second-order valence-corrected chi connectivity index (χ2v) is 10.4. The summed E-state index contributed by atoms with van der Waals surface area (Å²) in [4.78, 5) is 12.8. The molecule has 0 aliphatic carbocycles. The van der Waals surface area contributed by atoms with Gasteiger partial charge in [0.15, 0.2) is 11.5 Å². The van der Waals surface area contributed by atoms with Crippen molar-refractivity contribution in [2.24, 2.45) is 11.8 Å². The number of benzene rings is 1. The number of hydrogen-bond donors (Lipinski definition) is 1. The molecule has 1 aromatic carbocycles. The zero-order valence-electron chi connectivity index (χ0n) is 18.8. The zero-order valence-corrected chi connectivity index (χ0v) is 19.6. The maximum absolute atomic E-state index is 13.0. The first kappa shape index (κ1) is 23.8. The van der Waals surface area contributed by atoms with Gasteiger partial charge in [0, 0.05) is 32.7 Å². The van der Waals surface area contributed by atoms with E-state index in [1.165, 1.54) is 4.31 Å². The Morgan fingerprint density at radius 3 is 2.55 bits per heavy atom. The highest BCUT2D eigenvalue weighted by atomic mass is 32.2. The van der Waals surface area contributed by atoms with Crippen LogP contribution in [-0.4, -0.2) is 62.8 Å². The molecular weight excluding hydrogens is 418 g/mol. The molecule has 8 nitrogen and oxygen atoms in total. The Bertz CT molecular complexity index is 853. The summed E-state index contributed by atoms with van der Waals surface area (Å²) in [6.07, 6.45) is 3.17. The number of carbonyl (C=O) groups excluding carboxylic acids is 1. The topological polar surface area (TPSA) is 88.2 Å². The lowest BCUT2D eigenvalue weighted by molar-refractivity contribution is -0.126. The minimum absolute atomic E-state index is 0.111. The highest BCUT2D eigenvalue weighted by Crippen LogP contribution is 2.28. The van der Waals surface area contributed by atoms with Crippen LogP contribution in [0.3, 0.4) is 0 Å². The molecule has 1 N–H and O–H groups in total. The monoisotopic (exact) mass is 453 g/mol. The van der Waals surface area contributed by atoms with Gasteiger partial charge in [-0.1, -0.05) is 13.0 Å². The molecule has 0 bridgehead atoms. The second-order valence-electron chi connectivity index (χ2n) is 8.42. The Morgan fingerprint density at radius 2 is 1.87 bits per heavy atom. The van der Waals surface area contributed by atoms with E-state index in [2.05, 4.69) is 12.2 Å². The molecule has 31 heavy (non-hydrogen) atoms. The predicted molar refractivity (Wildman–Crippen MR) is 119 cm³/mol. The van der Waals surface area contributed by atoms with Gasteiger partial charge < -0.3 is 14.8 Å². The van der Waals surface area contributed by atoms with Crippen molar-refractivity contribution in [2.45, 2.75) is 46.1 Å². The van der Waals surface area contributed by atoms with Crippen molar-refractivity contribution in [2.75, 3.05) is 39.9 Å². The van der Waals surface area contributed by atoms with E-state index in [9.17, 15) is 13.2 Å². The Labute approximate surface area is 186 Å². The lowest BCUT2D eigenvalue weighted by Crippen LogP contribution is -2.52. The molecule has 1 atom stereocenters. The summed E-state index contributed by atoms with van der Waals surface area (Å²) >= 11 is 0. The SMILES string of the molecule is CCOc1ccc(CNC(=O)C2CCCN(S(=O)(=O)N3CCC(C)CC3)C2)cc1OC. The molecule has 0 saturated carbocycles. The van der Waals surface area contributed by atoms with Crippen molar-refractivity contribution in [1.29, 1.82) is 0 Å². The van der Waals surface area contributed by atoms with Gasteiger partial charge >= 0.3 is 0 Å². The average molecular weight is 454 g/mol. The van der Waals surface area contributed by atoms with Gasteiger partial charge in [-0.2, -0.15) is 17.0 Å². The van der Waals surface area contributed by atoms with E-state index in [0.29, 0.717) is 63.0 Å². The number of ether oxygens (including phenoxy) is 2. The average Bonchev–Trinajstić information content (AvgIpc) is 2.78. The molecule has 0 aromatic heterocycles. The van der Waals surface area contributed by atoms with E-state index >= 15 is 0 Å². The maximum atomic E-state index is 13.0. The molecule has 3 rings (SSSR count). The van der Waals surface area contributed by atoms with Gasteiger partial charge in [0.05, 0.1) is 19.6 Å². The van der Waals surface area contributed by atoms with Crippen LogP contribution in [0.4, 0.5) is 0 Å². The second kappa shape index (κ2) is 10.7. The molecule has 9 heteroatoms. The number of methoxy groups -OCH3 is 1. The van der Waals surface area contributed by atoms with Crippen molar-refractivity contribution >= 4 is 16.1 Å². The van der Waals surface area contributed by atoms with Gasteiger partial charge in [-0.05, 0) is 56.2 Å². The first-order valence-corrected chi connectivity index (χ1v) is 12.6. The highest BCUT2D eigenvalue weighted by molar-refractivity contribution is 7.86. The number of carbonyl (C=O) groups is 1. The van der Waals surface area contributed by atoms with Crippen LogP contribution in [0.25, 0.3) is 0 Å². The third-order valence-electron chi connectivity index (χ3n) is 6.14. The largest absolute Gasteiger partial charge is 0.493 e. The van der Waals surface area contributed by atoms with Gasteiger partial charge in [-0.25, -0.2) is 0 Å². The van der Waals surface area contributed by atoms with E-state index in [-0.39, 0.29) is 18.4 Å². The zero-order chi connectivity index (χ0) is 22.4. The Morgan fingerprint density at radius 1 is 1.13 bits per heavy atom. The summed E-state index contributed by atoms with van der Waals surface area (Å²) in [5.41, 5.74) is 0.899. The molecule has 1 aromatic rings. The van der Waals surface area contributed by atoms with Crippen molar-refractivity contribution in [3.8, 4) is 11.5 Å². The van der Waals surface area contributed by atoms with Crippen molar-refractivity contribution in [1.82, 2.24) is 13.9 Å². The lowest BCUT2D eigenvalue weighted by Gasteiger charge is -2.37. The molecule has 2 heterocycles. The van der Waals surface area contributed by atoms with Crippen molar-refractivity contribution in [3.05, 3.63) is 23.8 Å². The first-order valence-electron chi connectivity index (χ1n) is 11.2. The molecule has 2 saturated heterocycles. The fourth-order valence-electron chi connectivity index (χ4n) is 4.18. The van der Waals surface area contributed by atoms with Gasteiger partial charge in [-0.15, -0.1) is 0 Å². The van der Waals surface area contributed by atoms with Crippen LogP contribution in [-0.2, 0) is 21.5 Å². The highest BCUT2D eigenvalue weighted by Gasteiger charge is 2.36. The summed E-state index contributed by atoms with van der Waals surface area (Å²) in [6.45, 7) is 6.82. The van der Waals surface area contributed by atoms with Crippen LogP contribution in [0.5, 0.6) is 11.5 Å². The van der Waals surface area contributed by atoms with Crippen molar-refractivity contribution in [3.63, 3.8) is 0 Å². The van der Waals surface area contributed by atoms with Crippen LogP contribution < -0.4 is 14.8 Å². The van der Waals surface area contributed by atoms with Crippen molar-refractivity contribution < 1.29 is 22.7 Å². The van der Waals surface area contributed by atoms with Crippen LogP contribution in [0.15, 0.2) is 18.2 Å². The molecule has 1 amide bonds. The van der Waals surface area contributed by atoms with Crippen LogP contribution >= 0.6 is 0 Å². The molecule has 0 radical (unpaired) electrons. The summed E-state index contributed by atoms with van der Waals surface area (Å²) in [6, 6.07) is 5.57. The van der Waals surface area contributed by atoms with E-state index in [0.717, 1.165) is 18.4 Å². The van der Waals surface area contributed by atoms with E-state index in [1.54, 1.807) is 11.4 Å². The first-order chi connectivity index (χ1) is 14.8. The summed E-state index contributed by atoms with van der Waals surface area (Å²) < 4.78 is 40.1. The third kappa shape index (κ3) is 5.90. The molecule has 0 spiro atoms. The third-order valence-corrected chi connectivity index (χ3v) is 8.15. The smallest absolute Gasteiger partial charge is 0.281 e. The lowest BCUT2D eigenvalue weighted by atomic mass is 9.98. The van der Waals surface area contributed by atoms with Gasteiger partial charge in [-0.3, -0.25) is 4.79 Å². The quantitative estimate of drug-likeness (QED) is 0.653. The molecule has 2 aliphatic heterocycles. The number of nitrogens with zero attached hydrogens (tertiary/aromatic N) is 2. The summed E-state index contributed by atoms with van der Waals surface area (Å²) in [5, 5.41) is 2.96. The van der Waals surface area contributed by atoms with E-state index in [4.69, 9.17) is 9.47 Å². The number of nitrogens with one attached hydrogen (secondary N) is 1. The number of hydrogen-bond acceptors (Lipinski definition) is 5. The standard InChI is InChI=1S/C22H35N3O5S/c1-4-30-20-8-7-18(14-21(20)29-3)15-23-22(26)19-6-5-11-25(16-19)31(27,28)24-12-9-17(2)10-13-24/h7-8,14,17,19H,4-6,9-13,15-16H2,1-3H3,(H,23,26). The van der Waals surface area contributed by atoms with E-state index in [1.807, 2.05) is 25.1 Å². The number of rotatable bonds is 8. The summed E-state index contributed by atoms with van der Waals surface area (Å²) in [7, 11) is -1.92. The summed E-state index contributed by atoms with van der Waals surface area (Å²) in [5.74, 6) is 1.41. The molecule has 1 unspecified atom stereocenters.